The van der Waals surface area contributed by atoms with Crippen LogP contribution < -0.4 is 5.32 Å². The Morgan fingerprint density at radius 3 is 2.35 bits per heavy atom. The number of halogens is 4. The zero-order chi connectivity index (χ0) is 35.3. The molecule has 3 aromatic carbocycles. The van der Waals surface area contributed by atoms with E-state index in [-0.39, 0.29) is 33.5 Å². The number of likely N-dealkylation sites (tertiary alicyclic amines) is 1. The van der Waals surface area contributed by atoms with E-state index in [0.29, 0.717) is 41.5 Å². The minimum atomic E-state index is -4.83. The number of nitrogens with one attached hydrogen (secondary N) is 1. The first kappa shape index (κ1) is 36.4. The maximum Gasteiger partial charge on any atom is 0.412 e. The molecule has 0 aliphatic carbocycles. The van der Waals surface area contributed by atoms with Crippen LogP contribution in [0.15, 0.2) is 77.7 Å². The summed E-state index contributed by atoms with van der Waals surface area (Å²) in [5, 5.41) is 2.35. The second-order valence-corrected chi connectivity index (χ2v) is 14.6. The number of hydrogen-bond donors (Lipinski definition) is 1. The lowest BCUT2D eigenvalue weighted by Crippen LogP contribution is -2.45. The number of amides is 1. The number of fused-ring (bicyclic) bond motifs is 1. The number of piperidine rings is 1. The first-order valence-electron chi connectivity index (χ1n) is 16.5. The van der Waals surface area contributed by atoms with Crippen molar-refractivity contribution in [2.24, 2.45) is 0 Å². The molecule has 1 aliphatic heterocycles. The number of aromatic nitrogens is 1. The van der Waals surface area contributed by atoms with Gasteiger partial charge in [0.05, 0.1) is 21.7 Å². The van der Waals surface area contributed by atoms with Gasteiger partial charge in [0.2, 0.25) is 0 Å². The number of sulfone groups is 1. The van der Waals surface area contributed by atoms with Crippen molar-refractivity contribution in [3.8, 4) is 11.3 Å². The Kier molecular flexibility index (Phi) is 11.4. The number of alkyl halides is 4. The molecule has 0 saturated carbocycles. The summed E-state index contributed by atoms with van der Waals surface area (Å²) in [4.78, 5) is 23.8. The molecule has 262 valence electrons. The standard InChI is InChI=1S/C37H42F4N4O3S/c1-4-18-45(5-2)28-16-19-44(20-17-28)24-31-33(36(46)43-35(37(39,40)41)26-11-7-6-8-12-26)30-22-29(49(3,47)48)14-15-32(30)42-34(31)27-13-9-10-25(21-27)23-38/h6-15,21-22,28,35H,4-5,16-20,23-24H2,1-3H3,(H,43,46)/t35-/m1/s1. The molecule has 1 aliphatic rings. The Morgan fingerprint density at radius 2 is 1.73 bits per heavy atom. The molecule has 0 radical (unpaired) electrons. The highest BCUT2D eigenvalue weighted by Crippen LogP contribution is 2.37. The third-order valence-electron chi connectivity index (χ3n) is 9.18. The van der Waals surface area contributed by atoms with Gasteiger partial charge in [-0.25, -0.2) is 17.8 Å². The van der Waals surface area contributed by atoms with Gasteiger partial charge in [-0.2, -0.15) is 13.2 Å². The molecule has 7 nitrogen and oxygen atoms in total. The first-order valence-corrected chi connectivity index (χ1v) is 18.4. The van der Waals surface area contributed by atoms with Crippen LogP contribution >= 0.6 is 0 Å². The quantitative estimate of drug-likeness (QED) is 0.154. The lowest BCUT2D eigenvalue weighted by molar-refractivity contribution is -0.155. The number of pyridine rings is 1. The lowest BCUT2D eigenvalue weighted by Gasteiger charge is -2.38. The smallest absolute Gasteiger partial charge is 0.337 e. The zero-order valence-electron chi connectivity index (χ0n) is 27.9. The van der Waals surface area contributed by atoms with E-state index in [1.807, 2.05) is 0 Å². The van der Waals surface area contributed by atoms with Gasteiger partial charge < -0.3 is 10.2 Å². The van der Waals surface area contributed by atoms with E-state index in [1.165, 1.54) is 42.5 Å². The lowest BCUT2D eigenvalue weighted by atomic mass is 9.93. The summed E-state index contributed by atoms with van der Waals surface area (Å²) < 4.78 is 82.8. The van der Waals surface area contributed by atoms with E-state index in [9.17, 15) is 30.8 Å². The maximum atomic E-state index is 14.5. The van der Waals surface area contributed by atoms with Crippen LogP contribution in [0.5, 0.6) is 0 Å². The van der Waals surface area contributed by atoms with Gasteiger partial charge in [0.1, 0.15) is 6.67 Å². The van der Waals surface area contributed by atoms with Crippen LogP contribution in [-0.4, -0.2) is 73.8 Å². The van der Waals surface area contributed by atoms with E-state index in [0.717, 1.165) is 38.6 Å². The molecule has 0 bridgehead atoms. The summed E-state index contributed by atoms with van der Waals surface area (Å²) >= 11 is 0. The highest BCUT2D eigenvalue weighted by atomic mass is 32.2. The molecule has 0 spiro atoms. The Morgan fingerprint density at radius 1 is 1.02 bits per heavy atom. The van der Waals surface area contributed by atoms with E-state index in [1.54, 1.807) is 30.3 Å². The van der Waals surface area contributed by atoms with Crippen molar-refractivity contribution >= 4 is 26.6 Å². The fraction of sp³-hybridized carbons (Fsp3) is 0.405. The topological polar surface area (TPSA) is 82.6 Å². The summed E-state index contributed by atoms with van der Waals surface area (Å²) in [6, 6.07) is 15.9. The SMILES string of the molecule is CCCN(CC)C1CCN(Cc2c(-c3cccc(CF)c3)nc3ccc(S(C)(=O)=O)cc3c2C(=O)N[C@H](c2ccccc2)C(F)(F)F)CC1. The van der Waals surface area contributed by atoms with Crippen molar-refractivity contribution in [1.82, 2.24) is 20.1 Å². The average molecular weight is 699 g/mol. The minimum Gasteiger partial charge on any atom is -0.337 e. The normalized spacial score (nSPS) is 15.5. The predicted octanol–water partition coefficient (Wildman–Crippen LogP) is 7.50. The van der Waals surface area contributed by atoms with Crippen LogP contribution in [0.4, 0.5) is 17.6 Å². The predicted molar refractivity (Wildman–Crippen MR) is 184 cm³/mol. The highest BCUT2D eigenvalue weighted by molar-refractivity contribution is 7.90. The van der Waals surface area contributed by atoms with E-state index >= 15 is 0 Å². The molecule has 4 aromatic rings. The number of rotatable bonds is 12. The van der Waals surface area contributed by atoms with Crippen LogP contribution in [0.3, 0.4) is 0 Å². The largest absolute Gasteiger partial charge is 0.412 e. The molecule has 1 atom stereocenters. The van der Waals surface area contributed by atoms with E-state index in [2.05, 4.69) is 29.0 Å². The van der Waals surface area contributed by atoms with Gasteiger partial charge in [0, 0.05) is 35.4 Å². The van der Waals surface area contributed by atoms with Gasteiger partial charge in [0.15, 0.2) is 15.9 Å². The summed E-state index contributed by atoms with van der Waals surface area (Å²) in [6.07, 6.45) is -1.04. The number of hydrogen-bond acceptors (Lipinski definition) is 6. The molecule has 0 unspecified atom stereocenters. The fourth-order valence-electron chi connectivity index (χ4n) is 6.72. The highest BCUT2D eigenvalue weighted by Gasteiger charge is 2.42. The van der Waals surface area contributed by atoms with Crippen molar-refractivity contribution < 1.29 is 30.8 Å². The molecule has 2 heterocycles. The Labute approximate surface area is 285 Å². The van der Waals surface area contributed by atoms with Crippen molar-refractivity contribution in [1.29, 1.82) is 0 Å². The molecule has 49 heavy (non-hydrogen) atoms. The van der Waals surface area contributed by atoms with Gasteiger partial charge >= 0.3 is 6.18 Å². The zero-order valence-corrected chi connectivity index (χ0v) is 28.7. The summed E-state index contributed by atoms with van der Waals surface area (Å²) in [5.74, 6) is -1.02. The summed E-state index contributed by atoms with van der Waals surface area (Å²) in [6.45, 7) is 6.96. The summed E-state index contributed by atoms with van der Waals surface area (Å²) in [5.41, 5.74) is 1.53. The van der Waals surface area contributed by atoms with Gasteiger partial charge in [-0.15, -0.1) is 0 Å². The van der Waals surface area contributed by atoms with Crippen LogP contribution in [0.1, 0.15) is 66.2 Å². The molecular formula is C37H42F4N4O3S. The van der Waals surface area contributed by atoms with Crippen LogP contribution in [0, 0.1) is 0 Å². The van der Waals surface area contributed by atoms with Crippen molar-refractivity contribution in [2.45, 2.75) is 69.5 Å². The van der Waals surface area contributed by atoms with Gasteiger partial charge in [-0.05, 0) is 80.8 Å². The average Bonchev–Trinajstić information content (AvgIpc) is 3.08. The van der Waals surface area contributed by atoms with Crippen molar-refractivity contribution in [3.05, 3.63) is 95.1 Å². The fourth-order valence-corrected chi connectivity index (χ4v) is 7.37. The van der Waals surface area contributed by atoms with Crippen LogP contribution in [-0.2, 0) is 23.1 Å². The molecule has 1 fully saturated rings. The second kappa shape index (κ2) is 15.3. The maximum absolute atomic E-state index is 14.5. The van der Waals surface area contributed by atoms with Gasteiger partial charge in [-0.1, -0.05) is 62.4 Å². The Balaban J connectivity index is 1.70. The Hall–Kier alpha value is -3.87. The van der Waals surface area contributed by atoms with E-state index in [4.69, 9.17) is 4.98 Å². The van der Waals surface area contributed by atoms with Gasteiger partial charge in [-0.3, -0.25) is 9.69 Å². The number of nitrogens with zero attached hydrogens (tertiary/aromatic N) is 3. The third-order valence-corrected chi connectivity index (χ3v) is 10.3. The molecule has 1 saturated heterocycles. The molecule has 1 N–H and O–H groups in total. The van der Waals surface area contributed by atoms with Crippen LogP contribution in [0.2, 0.25) is 0 Å². The molecule has 1 amide bonds. The third kappa shape index (κ3) is 8.48. The first-order chi connectivity index (χ1) is 23.3. The van der Waals surface area contributed by atoms with Crippen molar-refractivity contribution in [3.63, 3.8) is 0 Å². The number of carbonyl (C=O) groups is 1. The minimum absolute atomic E-state index is 0.0929. The van der Waals surface area contributed by atoms with Gasteiger partial charge in [0.25, 0.3) is 5.91 Å². The number of carbonyl (C=O) groups excluding carboxylic acids is 1. The number of benzene rings is 3. The van der Waals surface area contributed by atoms with Crippen LogP contribution in [0.25, 0.3) is 22.2 Å². The molecule has 5 rings (SSSR count). The Bertz CT molecular complexity index is 1880. The molecule has 1 aromatic heterocycles. The van der Waals surface area contributed by atoms with E-state index < -0.39 is 34.6 Å². The molecular weight excluding hydrogens is 656 g/mol. The monoisotopic (exact) mass is 698 g/mol. The van der Waals surface area contributed by atoms with Crippen molar-refractivity contribution in [2.75, 3.05) is 32.4 Å². The molecule has 12 heteroatoms. The second-order valence-electron chi connectivity index (χ2n) is 12.6. The summed E-state index contributed by atoms with van der Waals surface area (Å²) in [7, 11) is -3.76.